The van der Waals surface area contributed by atoms with E-state index in [1.807, 2.05) is 13.0 Å². The number of benzene rings is 1. The summed E-state index contributed by atoms with van der Waals surface area (Å²) < 4.78 is 40.3. The van der Waals surface area contributed by atoms with E-state index in [0.717, 1.165) is 23.3 Å². The fourth-order valence-corrected chi connectivity index (χ4v) is 3.62. The summed E-state index contributed by atoms with van der Waals surface area (Å²) in [4.78, 5) is 18.8. The molecule has 2 N–H and O–H groups in total. The van der Waals surface area contributed by atoms with E-state index in [-0.39, 0.29) is 11.9 Å². The van der Waals surface area contributed by atoms with Crippen LogP contribution in [-0.2, 0) is 19.0 Å². The molecule has 0 fully saturated rings. The van der Waals surface area contributed by atoms with E-state index >= 15 is 0 Å². The zero-order valence-electron chi connectivity index (χ0n) is 16.2. The predicted molar refractivity (Wildman–Crippen MR) is 106 cm³/mol. The van der Waals surface area contributed by atoms with Crippen molar-refractivity contribution in [3.63, 3.8) is 0 Å². The smallest absolute Gasteiger partial charge is 0.384 e. The number of nitrogens with zero attached hydrogens (tertiary/aromatic N) is 4. The van der Waals surface area contributed by atoms with Gasteiger partial charge >= 0.3 is 6.18 Å². The molecular weight excluding hydrogens is 395 g/mol. The summed E-state index contributed by atoms with van der Waals surface area (Å²) in [6.07, 6.45) is 0.212. The number of hydrogen-bond acceptors (Lipinski definition) is 4. The molecule has 0 spiro atoms. The molecule has 156 valence electrons. The number of carbonyl (C=O) groups is 1. The van der Waals surface area contributed by atoms with Crippen LogP contribution in [0, 0.1) is 0 Å². The van der Waals surface area contributed by atoms with Crippen LogP contribution >= 0.6 is 0 Å². The molecule has 1 aliphatic rings. The highest BCUT2D eigenvalue weighted by molar-refractivity contribution is 6.06. The van der Waals surface area contributed by atoms with Gasteiger partial charge in [0, 0.05) is 24.0 Å². The number of nitrogens with two attached hydrogens (primary N) is 1. The summed E-state index contributed by atoms with van der Waals surface area (Å²) in [5.74, 6) is 0.175. The molecule has 0 radical (unpaired) electrons. The molecule has 30 heavy (non-hydrogen) atoms. The summed E-state index contributed by atoms with van der Waals surface area (Å²) in [7, 11) is 0. The average Bonchev–Trinajstić information content (AvgIpc) is 3.15. The number of amides is 1. The summed E-state index contributed by atoms with van der Waals surface area (Å²) in [5, 5.41) is 4.37. The Morgan fingerprint density at radius 1 is 1.10 bits per heavy atom. The molecule has 4 rings (SSSR count). The molecule has 1 atom stereocenters. The van der Waals surface area contributed by atoms with Crippen molar-refractivity contribution in [3.05, 3.63) is 71.2 Å². The number of carbonyl (C=O) groups excluding carboxylic acids is 1. The number of aryl methyl sites for hydroxylation is 2. The topological polar surface area (TPSA) is 77.0 Å². The average molecular weight is 415 g/mol. The Balaban J connectivity index is 1.58. The van der Waals surface area contributed by atoms with Gasteiger partial charge in [-0.3, -0.25) is 9.48 Å². The van der Waals surface area contributed by atoms with Crippen molar-refractivity contribution in [1.29, 1.82) is 0 Å². The number of halogens is 3. The second-order valence-electron chi connectivity index (χ2n) is 7.36. The minimum absolute atomic E-state index is 0.105. The van der Waals surface area contributed by atoms with Crippen molar-refractivity contribution in [2.24, 2.45) is 0 Å². The molecule has 6 nitrogen and oxygen atoms in total. The lowest BCUT2D eigenvalue weighted by atomic mass is 10.0. The quantitative estimate of drug-likeness (QED) is 0.702. The number of rotatable bonds is 4. The van der Waals surface area contributed by atoms with E-state index in [0.29, 0.717) is 36.6 Å². The SMILES string of the molecule is C[C@H]1CN(c2ccc(C(F)(F)F)cc2)C(=O)c2c(CCc3ccc(N)nc3)cnn21. The molecule has 0 saturated carbocycles. The lowest BCUT2D eigenvalue weighted by Crippen LogP contribution is -2.43. The third-order valence-electron chi connectivity index (χ3n) is 5.22. The van der Waals surface area contributed by atoms with Crippen LogP contribution in [0.4, 0.5) is 24.7 Å². The summed E-state index contributed by atoms with van der Waals surface area (Å²) in [6, 6.07) is 8.16. The lowest BCUT2D eigenvalue weighted by Gasteiger charge is -2.32. The molecule has 0 saturated heterocycles. The van der Waals surface area contributed by atoms with Crippen molar-refractivity contribution in [3.8, 4) is 0 Å². The zero-order chi connectivity index (χ0) is 21.5. The van der Waals surface area contributed by atoms with E-state index in [9.17, 15) is 18.0 Å². The Bertz CT molecular complexity index is 1060. The van der Waals surface area contributed by atoms with Gasteiger partial charge in [-0.05, 0) is 55.7 Å². The highest BCUT2D eigenvalue weighted by Crippen LogP contribution is 2.33. The molecular formula is C21H20F3N5O. The van der Waals surface area contributed by atoms with Crippen LogP contribution in [0.3, 0.4) is 0 Å². The minimum atomic E-state index is -4.42. The van der Waals surface area contributed by atoms with Crippen LogP contribution in [0.2, 0.25) is 0 Å². The number of pyridine rings is 1. The maximum absolute atomic E-state index is 13.2. The van der Waals surface area contributed by atoms with Crippen LogP contribution < -0.4 is 10.6 Å². The van der Waals surface area contributed by atoms with Gasteiger partial charge in [0.25, 0.3) is 5.91 Å². The van der Waals surface area contributed by atoms with E-state index < -0.39 is 11.7 Å². The van der Waals surface area contributed by atoms with Crippen molar-refractivity contribution in [1.82, 2.24) is 14.8 Å². The Morgan fingerprint density at radius 3 is 2.47 bits per heavy atom. The maximum Gasteiger partial charge on any atom is 0.416 e. The Morgan fingerprint density at radius 2 is 1.83 bits per heavy atom. The number of alkyl halides is 3. The van der Waals surface area contributed by atoms with E-state index in [1.165, 1.54) is 17.0 Å². The highest BCUT2D eigenvalue weighted by Gasteiger charge is 2.34. The predicted octanol–water partition coefficient (Wildman–Crippen LogP) is 3.89. The molecule has 1 aliphatic heterocycles. The maximum atomic E-state index is 13.2. The van der Waals surface area contributed by atoms with Crippen LogP contribution in [0.1, 0.15) is 40.1 Å². The van der Waals surface area contributed by atoms with Gasteiger partial charge in [0.05, 0.1) is 17.8 Å². The number of aromatic nitrogens is 3. The molecule has 1 amide bonds. The first-order chi connectivity index (χ1) is 14.2. The second kappa shape index (κ2) is 7.47. The van der Waals surface area contributed by atoms with Gasteiger partial charge in [0.15, 0.2) is 0 Å². The van der Waals surface area contributed by atoms with Crippen molar-refractivity contribution in [2.75, 3.05) is 17.2 Å². The molecule has 0 unspecified atom stereocenters. The third-order valence-corrected chi connectivity index (χ3v) is 5.22. The van der Waals surface area contributed by atoms with E-state index in [1.54, 1.807) is 23.1 Å². The molecule has 3 heterocycles. The van der Waals surface area contributed by atoms with Crippen molar-refractivity contribution in [2.45, 2.75) is 32.0 Å². The molecule has 1 aromatic carbocycles. The Hall–Kier alpha value is -3.36. The lowest BCUT2D eigenvalue weighted by molar-refractivity contribution is -0.137. The summed E-state index contributed by atoms with van der Waals surface area (Å²) in [5.41, 5.74) is 7.54. The van der Waals surface area contributed by atoms with Crippen molar-refractivity contribution < 1.29 is 18.0 Å². The van der Waals surface area contributed by atoms with Gasteiger partial charge in [-0.1, -0.05) is 6.07 Å². The largest absolute Gasteiger partial charge is 0.416 e. The number of nitrogen functional groups attached to an aromatic ring is 1. The number of fused-ring (bicyclic) bond motifs is 1. The van der Waals surface area contributed by atoms with Gasteiger partial charge in [0.1, 0.15) is 11.5 Å². The molecule has 2 aromatic heterocycles. The number of hydrogen-bond donors (Lipinski definition) is 1. The number of anilines is 2. The normalized spacial score (nSPS) is 16.6. The summed E-state index contributed by atoms with van der Waals surface area (Å²) >= 11 is 0. The second-order valence-corrected chi connectivity index (χ2v) is 7.36. The van der Waals surface area contributed by atoms with E-state index in [4.69, 9.17) is 5.73 Å². The molecule has 3 aromatic rings. The molecule has 9 heteroatoms. The standard InChI is InChI=1S/C21H20F3N5O/c1-13-12-28(17-7-5-16(6-8-17)21(22,23)24)20(30)19-15(11-27-29(13)19)4-2-14-3-9-18(25)26-10-14/h3,5-11,13H,2,4,12H2,1H3,(H2,25,26)/t13-/m0/s1. The fourth-order valence-electron chi connectivity index (χ4n) is 3.62. The first kappa shape index (κ1) is 19.9. The highest BCUT2D eigenvalue weighted by atomic mass is 19.4. The van der Waals surface area contributed by atoms with Gasteiger partial charge < -0.3 is 10.6 Å². The van der Waals surface area contributed by atoms with Crippen molar-refractivity contribution >= 4 is 17.4 Å². The molecule has 0 aliphatic carbocycles. The first-order valence-corrected chi connectivity index (χ1v) is 9.50. The first-order valence-electron chi connectivity index (χ1n) is 9.50. The van der Waals surface area contributed by atoms with Crippen LogP contribution in [0.5, 0.6) is 0 Å². The third kappa shape index (κ3) is 3.74. The van der Waals surface area contributed by atoms with Gasteiger partial charge in [0.2, 0.25) is 0 Å². The van der Waals surface area contributed by atoms with E-state index in [2.05, 4.69) is 10.1 Å². The molecule has 0 bridgehead atoms. The monoisotopic (exact) mass is 415 g/mol. The minimum Gasteiger partial charge on any atom is -0.384 e. The zero-order valence-corrected chi connectivity index (χ0v) is 16.2. The van der Waals surface area contributed by atoms with Gasteiger partial charge in [-0.15, -0.1) is 0 Å². The van der Waals surface area contributed by atoms with Gasteiger partial charge in [-0.2, -0.15) is 18.3 Å². The Kier molecular flexibility index (Phi) is 4.97. The van der Waals surface area contributed by atoms with Crippen LogP contribution in [-0.4, -0.2) is 27.2 Å². The summed E-state index contributed by atoms with van der Waals surface area (Å²) in [6.45, 7) is 2.26. The van der Waals surface area contributed by atoms with Crippen LogP contribution in [0.15, 0.2) is 48.8 Å². The Labute approximate surface area is 171 Å². The fraction of sp³-hybridized carbons (Fsp3) is 0.286. The van der Waals surface area contributed by atoms with Gasteiger partial charge in [-0.25, -0.2) is 4.98 Å². The van der Waals surface area contributed by atoms with Crippen LogP contribution in [0.25, 0.3) is 0 Å².